The average molecular weight is 247 g/mol. The molecule has 1 rings (SSSR count). The molecule has 0 atom stereocenters. The van der Waals surface area contributed by atoms with Gasteiger partial charge in [-0.05, 0) is 50.5 Å². The summed E-state index contributed by atoms with van der Waals surface area (Å²) in [6.45, 7) is 11.7. The molecule has 98 valence electrons. The van der Waals surface area contributed by atoms with Crippen molar-refractivity contribution >= 4 is 12.2 Å². The second-order valence-electron chi connectivity index (χ2n) is 5.25. The van der Waals surface area contributed by atoms with Crippen LogP contribution in [0, 0.1) is 6.92 Å². The number of carbonyl (C=O) groups excluding carboxylic acids is 1. The maximum atomic E-state index is 11.5. The van der Waals surface area contributed by atoms with E-state index < -0.39 is 11.7 Å². The van der Waals surface area contributed by atoms with E-state index in [1.807, 2.05) is 45.9 Å². The van der Waals surface area contributed by atoms with E-state index in [0.717, 1.165) is 16.7 Å². The highest BCUT2D eigenvalue weighted by Gasteiger charge is 2.15. The van der Waals surface area contributed by atoms with Crippen LogP contribution in [0.25, 0.3) is 6.08 Å². The second-order valence-corrected chi connectivity index (χ2v) is 5.25. The first-order chi connectivity index (χ1) is 8.31. The number of hydrogen-bond donors (Lipinski definition) is 1. The molecule has 0 aliphatic rings. The standard InChI is InChI=1S/C15H21NO2/c1-6-12-8-7-11(2)13(9-12)10-16-14(17)18-15(3,4)5/h6-9H,1,10H2,2-5H3,(H,16,17). The molecule has 18 heavy (non-hydrogen) atoms. The van der Waals surface area contributed by atoms with Gasteiger partial charge in [-0.3, -0.25) is 0 Å². The number of nitrogens with one attached hydrogen (secondary N) is 1. The van der Waals surface area contributed by atoms with E-state index in [4.69, 9.17) is 4.74 Å². The van der Waals surface area contributed by atoms with E-state index in [2.05, 4.69) is 11.9 Å². The summed E-state index contributed by atoms with van der Waals surface area (Å²) in [5, 5.41) is 2.75. The average Bonchev–Trinajstić information content (AvgIpc) is 2.25. The Kier molecular flexibility index (Phi) is 4.54. The summed E-state index contributed by atoms with van der Waals surface area (Å²) in [4.78, 5) is 11.5. The van der Waals surface area contributed by atoms with Crippen molar-refractivity contribution in [2.24, 2.45) is 0 Å². The van der Waals surface area contributed by atoms with Gasteiger partial charge in [-0.1, -0.05) is 24.8 Å². The molecule has 1 amide bonds. The summed E-state index contributed by atoms with van der Waals surface area (Å²) in [5.41, 5.74) is 2.78. The van der Waals surface area contributed by atoms with Crippen molar-refractivity contribution in [2.45, 2.75) is 39.8 Å². The lowest BCUT2D eigenvalue weighted by atomic mass is 10.1. The summed E-state index contributed by atoms with van der Waals surface area (Å²) >= 11 is 0. The van der Waals surface area contributed by atoms with E-state index >= 15 is 0 Å². The summed E-state index contributed by atoms with van der Waals surface area (Å²) in [7, 11) is 0. The lowest BCUT2D eigenvalue weighted by Gasteiger charge is -2.20. The Balaban J connectivity index is 2.63. The van der Waals surface area contributed by atoms with Crippen molar-refractivity contribution in [1.29, 1.82) is 0 Å². The van der Waals surface area contributed by atoms with Crippen LogP contribution in [-0.2, 0) is 11.3 Å². The first kappa shape index (κ1) is 14.3. The van der Waals surface area contributed by atoms with Crippen molar-refractivity contribution in [3.63, 3.8) is 0 Å². The molecule has 1 aromatic carbocycles. The summed E-state index contributed by atoms with van der Waals surface area (Å²) in [6, 6.07) is 6.03. The third kappa shape index (κ3) is 4.62. The molecule has 0 aliphatic heterocycles. The first-order valence-electron chi connectivity index (χ1n) is 6.00. The van der Waals surface area contributed by atoms with Gasteiger partial charge in [0.1, 0.15) is 5.60 Å². The highest BCUT2D eigenvalue weighted by Crippen LogP contribution is 2.12. The minimum atomic E-state index is -0.470. The molecule has 0 bridgehead atoms. The number of rotatable bonds is 3. The first-order valence-corrected chi connectivity index (χ1v) is 6.00. The van der Waals surface area contributed by atoms with Crippen molar-refractivity contribution in [1.82, 2.24) is 5.32 Å². The van der Waals surface area contributed by atoms with Crippen molar-refractivity contribution < 1.29 is 9.53 Å². The van der Waals surface area contributed by atoms with E-state index in [0.29, 0.717) is 6.54 Å². The lowest BCUT2D eigenvalue weighted by molar-refractivity contribution is 0.0523. The van der Waals surface area contributed by atoms with Gasteiger partial charge in [0.25, 0.3) is 0 Å². The van der Waals surface area contributed by atoms with Gasteiger partial charge in [-0.25, -0.2) is 4.79 Å². The molecule has 3 nitrogen and oxygen atoms in total. The summed E-state index contributed by atoms with van der Waals surface area (Å²) in [5.74, 6) is 0. The SMILES string of the molecule is C=Cc1ccc(C)c(CNC(=O)OC(C)(C)C)c1. The number of hydrogen-bond acceptors (Lipinski definition) is 2. The highest BCUT2D eigenvalue weighted by atomic mass is 16.6. The van der Waals surface area contributed by atoms with Gasteiger partial charge in [0, 0.05) is 6.54 Å². The molecule has 0 fully saturated rings. The van der Waals surface area contributed by atoms with Crippen molar-refractivity contribution in [3.8, 4) is 0 Å². The molecule has 0 saturated carbocycles. The highest BCUT2D eigenvalue weighted by molar-refractivity contribution is 5.67. The predicted octanol–water partition coefficient (Wildman–Crippen LogP) is 3.66. The molecular weight excluding hydrogens is 226 g/mol. The predicted molar refractivity (Wildman–Crippen MR) is 74.3 cm³/mol. The molecule has 0 spiro atoms. The van der Waals surface area contributed by atoms with Crippen LogP contribution in [0.4, 0.5) is 4.79 Å². The summed E-state index contributed by atoms with van der Waals surface area (Å²) < 4.78 is 5.19. The van der Waals surface area contributed by atoms with Crippen LogP contribution in [0.1, 0.15) is 37.5 Å². The second kappa shape index (κ2) is 5.71. The Morgan fingerprint density at radius 3 is 2.67 bits per heavy atom. The zero-order valence-electron chi connectivity index (χ0n) is 11.5. The van der Waals surface area contributed by atoms with Gasteiger partial charge in [-0.15, -0.1) is 0 Å². The van der Waals surface area contributed by atoms with Gasteiger partial charge >= 0.3 is 6.09 Å². The van der Waals surface area contributed by atoms with E-state index in [1.165, 1.54) is 0 Å². The largest absolute Gasteiger partial charge is 0.444 e. The number of ether oxygens (including phenoxy) is 1. The van der Waals surface area contributed by atoms with Crippen molar-refractivity contribution in [3.05, 3.63) is 41.5 Å². The van der Waals surface area contributed by atoms with Crippen LogP contribution in [0.3, 0.4) is 0 Å². The molecule has 3 heteroatoms. The molecule has 0 heterocycles. The van der Waals surface area contributed by atoms with E-state index in [-0.39, 0.29) is 0 Å². The molecule has 0 aromatic heterocycles. The van der Waals surface area contributed by atoms with Crippen molar-refractivity contribution in [2.75, 3.05) is 0 Å². The van der Waals surface area contributed by atoms with Gasteiger partial charge < -0.3 is 10.1 Å². The lowest BCUT2D eigenvalue weighted by Crippen LogP contribution is -2.32. The molecule has 1 aromatic rings. The Hall–Kier alpha value is -1.77. The normalized spacial score (nSPS) is 10.9. The van der Waals surface area contributed by atoms with Crippen LogP contribution in [0.15, 0.2) is 24.8 Å². The molecule has 0 radical (unpaired) electrons. The Bertz CT molecular complexity index is 444. The third-order valence-corrected chi connectivity index (χ3v) is 2.43. The fraction of sp³-hybridized carbons (Fsp3) is 0.400. The maximum Gasteiger partial charge on any atom is 0.407 e. The number of carbonyl (C=O) groups is 1. The molecule has 1 N–H and O–H groups in total. The van der Waals surface area contributed by atoms with E-state index in [9.17, 15) is 4.79 Å². The number of amides is 1. The van der Waals surface area contributed by atoms with Crippen LogP contribution < -0.4 is 5.32 Å². The van der Waals surface area contributed by atoms with Crippen LogP contribution in [0.5, 0.6) is 0 Å². The molecule has 0 saturated heterocycles. The zero-order chi connectivity index (χ0) is 13.8. The molecule has 0 aliphatic carbocycles. The number of aryl methyl sites for hydroxylation is 1. The number of benzene rings is 1. The molecular formula is C15H21NO2. The maximum absolute atomic E-state index is 11.5. The minimum Gasteiger partial charge on any atom is -0.444 e. The van der Waals surface area contributed by atoms with Crippen LogP contribution in [-0.4, -0.2) is 11.7 Å². The Morgan fingerprint density at radius 1 is 1.44 bits per heavy atom. The number of alkyl carbamates (subject to hydrolysis) is 1. The quantitative estimate of drug-likeness (QED) is 0.885. The van der Waals surface area contributed by atoms with Crippen LogP contribution in [0.2, 0.25) is 0 Å². The zero-order valence-corrected chi connectivity index (χ0v) is 11.5. The third-order valence-electron chi connectivity index (χ3n) is 2.43. The Labute approximate surface area is 109 Å². The van der Waals surface area contributed by atoms with Gasteiger partial charge in [0.2, 0.25) is 0 Å². The topological polar surface area (TPSA) is 38.3 Å². The monoisotopic (exact) mass is 247 g/mol. The van der Waals surface area contributed by atoms with Crippen LogP contribution >= 0.6 is 0 Å². The Morgan fingerprint density at radius 2 is 2.11 bits per heavy atom. The fourth-order valence-electron chi connectivity index (χ4n) is 1.49. The van der Waals surface area contributed by atoms with Gasteiger partial charge in [0.05, 0.1) is 0 Å². The van der Waals surface area contributed by atoms with Gasteiger partial charge in [-0.2, -0.15) is 0 Å². The summed E-state index contributed by atoms with van der Waals surface area (Å²) in [6.07, 6.45) is 1.39. The minimum absolute atomic E-state index is 0.397. The fourth-order valence-corrected chi connectivity index (χ4v) is 1.49. The van der Waals surface area contributed by atoms with E-state index in [1.54, 1.807) is 6.08 Å². The van der Waals surface area contributed by atoms with Gasteiger partial charge in [0.15, 0.2) is 0 Å². The smallest absolute Gasteiger partial charge is 0.407 e. The molecule has 0 unspecified atom stereocenters.